The number of hydrogen-bond donors (Lipinski definition) is 2. The van der Waals surface area contributed by atoms with Gasteiger partial charge < -0.3 is 15.2 Å². The first-order valence-electron chi connectivity index (χ1n) is 17.8. The molecule has 270 valence electrons. The van der Waals surface area contributed by atoms with Crippen LogP contribution in [0.5, 0.6) is 5.88 Å². The zero-order chi connectivity index (χ0) is 36.4. The molecule has 0 aliphatic carbocycles. The van der Waals surface area contributed by atoms with Crippen molar-refractivity contribution in [1.29, 1.82) is 0 Å². The highest BCUT2D eigenvalue weighted by atomic mass is 35.5. The third-order valence-electron chi connectivity index (χ3n) is 10.3. The lowest BCUT2D eigenvalue weighted by atomic mass is 9.96. The molecule has 0 radical (unpaired) electrons. The number of hydrogen-bond acceptors (Lipinski definition) is 8. The molecule has 9 nitrogen and oxygen atoms in total. The molecule has 1 amide bonds. The Morgan fingerprint density at radius 3 is 2.52 bits per heavy atom. The van der Waals surface area contributed by atoms with E-state index in [-0.39, 0.29) is 17.9 Å². The monoisotopic (exact) mass is 757 g/mol. The van der Waals surface area contributed by atoms with E-state index in [1.54, 1.807) is 18.4 Å². The molecule has 5 heterocycles. The average molecular weight is 759 g/mol. The zero-order valence-electron chi connectivity index (χ0n) is 29.3. The SMILES string of the molecule is COc1nc(-c2cccc(-c3cccc(Cc4nccc5sc(CN6CCC(C(=O)O)CC6)nc45)c3Cl)c2Cl)cc(C)c1CCC[C@@H]1CCC(=O)N1. The summed E-state index contributed by atoms with van der Waals surface area (Å²) in [6, 6.07) is 16.2. The van der Waals surface area contributed by atoms with Crippen LogP contribution in [-0.4, -0.2) is 63.1 Å². The second-order valence-corrected chi connectivity index (χ2v) is 15.6. The summed E-state index contributed by atoms with van der Waals surface area (Å²) in [6.45, 7) is 4.27. The molecule has 7 rings (SSSR count). The Hall–Kier alpha value is -4.09. The molecule has 0 unspecified atom stereocenters. The molecule has 2 N–H and O–H groups in total. The van der Waals surface area contributed by atoms with Gasteiger partial charge in [-0.1, -0.05) is 59.6 Å². The number of amides is 1. The largest absolute Gasteiger partial charge is 0.481 e. The van der Waals surface area contributed by atoms with Crippen LogP contribution in [0.15, 0.2) is 54.7 Å². The Labute approximate surface area is 317 Å². The fourth-order valence-electron chi connectivity index (χ4n) is 7.42. The molecule has 2 aromatic carbocycles. The number of carbonyl (C=O) groups is 2. The van der Waals surface area contributed by atoms with Crippen LogP contribution in [0.2, 0.25) is 10.0 Å². The smallest absolute Gasteiger partial charge is 0.306 e. The summed E-state index contributed by atoms with van der Waals surface area (Å²) >= 11 is 16.0. The minimum Gasteiger partial charge on any atom is -0.481 e. The summed E-state index contributed by atoms with van der Waals surface area (Å²) < 4.78 is 6.84. The van der Waals surface area contributed by atoms with E-state index in [9.17, 15) is 14.7 Å². The summed E-state index contributed by atoms with van der Waals surface area (Å²) in [6.07, 6.45) is 7.81. The maximum Gasteiger partial charge on any atom is 0.306 e. The molecule has 0 spiro atoms. The maximum absolute atomic E-state index is 11.6. The number of benzene rings is 2. The second kappa shape index (κ2) is 15.9. The van der Waals surface area contributed by atoms with Crippen molar-refractivity contribution in [2.24, 2.45) is 5.92 Å². The Morgan fingerprint density at radius 1 is 1.04 bits per heavy atom. The van der Waals surface area contributed by atoms with Crippen molar-refractivity contribution in [2.75, 3.05) is 20.2 Å². The van der Waals surface area contributed by atoms with Gasteiger partial charge in [0.15, 0.2) is 0 Å². The average Bonchev–Trinajstić information content (AvgIpc) is 3.75. The number of piperidine rings is 1. The lowest BCUT2D eigenvalue weighted by Gasteiger charge is -2.29. The number of ether oxygens (including phenoxy) is 1. The van der Waals surface area contributed by atoms with Crippen LogP contribution in [0.1, 0.15) is 65.9 Å². The van der Waals surface area contributed by atoms with Crippen molar-refractivity contribution < 1.29 is 19.4 Å². The van der Waals surface area contributed by atoms with E-state index in [1.165, 1.54) is 0 Å². The highest BCUT2D eigenvalue weighted by Crippen LogP contribution is 2.41. The number of nitrogens with zero attached hydrogens (tertiary/aromatic N) is 4. The number of halogens is 2. The van der Waals surface area contributed by atoms with Gasteiger partial charge in [-0.3, -0.25) is 19.5 Å². The van der Waals surface area contributed by atoms with Gasteiger partial charge in [-0.05, 0) is 81.8 Å². The van der Waals surface area contributed by atoms with E-state index >= 15 is 0 Å². The molecule has 2 fully saturated rings. The molecule has 12 heteroatoms. The molecule has 2 aliphatic rings. The first-order valence-corrected chi connectivity index (χ1v) is 19.3. The molecule has 1 atom stereocenters. The van der Waals surface area contributed by atoms with Crippen molar-refractivity contribution in [3.63, 3.8) is 0 Å². The predicted octanol–water partition coefficient (Wildman–Crippen LogP) is 8.53. The summed E-state index contributed by atoms with van der Waals surface area (Å²) in [5, 5.41) is 14.6. The Morgan fingerprint density at radius 2 is 1.79 bits per heavy atom. The number of aryl methyl sites for hydroxylation is 1. The van der Waals surface area contributed by atoms with Gasteiger partial charge in [0.05, 0.1) is 45.7 Å². The van der Waals surface area contributed by atoms with E-state index in [0.29, 0.717) is 48.2 Å². The van der Waals surface area contributed by atoms with E-state index in [0.717, 1.165) is 98.8 Å². The van der Waals surface area contributed by atoms with Crippen molar-refractivity contribution in [1.82, 2.24) is 25.2 Å². The number of rotatable bonds is 12. The van der Waals surface area contributed by atoms with Gasteiger partial charge in [0.25, 0.3) is 0 Å². The number of nitrogens with one attached hydrogen (secondary N) is 1. The number of carboxylic acids is 1. The molecule has 2 aliphatic heterocycles. The predicted molar refractivity (Wildman–Crippen MR) is 206 cm³/mol. The van der Waals surface area contributed by atoms with E-state index < -0.39 is 5.97 Å². The van der Waals surface area contributed by atoms with Crippen LogP contribution >= 0.6 is 34.5 Å². The summed E-state index contributed by atoms with van der Waals surface area (Å²) in [4.78, 5) is 39.9. The minimum absolute atomic E-state index is 0.140. The molecule has 0 bridgehead atoms. The molecule has 5 aromatic rings. The highest BCUT2D eigenvalue weighted by molar-refractivity contribution is 7.18. The third kappa shape index (κ3) is 7.81. The molecule has 3 aromatic heterocycles. The number of likely N-dealkylation sites (tertiary alicyclic amines) is 1. The first kappa shape index (κ1) is 36.3. The highest BCUT2D eigenvalue weighted by Gasteiger charge is 2.26. The Bertz CT molecular complexity index is 2130. The topological polar surface area (TPSA) is 118 Å². The fourth-order valence-corrected chi connectivity index (χ4v) is 9.07. The number of methoxy groups -OCH3 is 1. The van der Waals surface area contributed by atoms with Crippen molar-refractivity contribution >= 4 is 56.6 Å². The number of carbonyl (C=O) groups excluding carboxylic acids is 1. The van der Waals surface area contributed by atoms with Gasteiger partial charge in [-0.2, -0.15) is 0 Å². The van der Waals surface area contributed by atoms with E-state index in [4.69, 9.17) is 42.9 Å². The maximum atomic E-state index is 11.6. The molecule has 52 heavy (non-hydrogen) atoms. The Balaban J connectivity index is 1.10. The minimum atomic E-state index is -0.703. The first-order chi connectivity index (χ1) is 25.2. The van der Waals surface area contributed by atoms with Crippen LogP contribution in [0.3, 0.4) is 0 Å². The van der Waals surface area contributed by atoms with Gasteiger partial charge in [-0.25, -0.2) is 9.97 Å². The second-order valence-electron chi connectivity index (χ2n) is 13.7. The number of thiazole rings is 1. The zero-order valence-corrected chi connectivity index (χ0v) is 31.6. The number of fused-ring (bicyclic) bond motifs is 1. The van der Waals surface area contributed by atoms with Crippen molar-refractivity contribution in [2.45, 2.75) is 70.9 Å². The van der Waals surface area contributed by atoms with Crippen molar-refractivity contribution in [3.8, 4) is 28.3 Å². The quantitative estimate of drug-likeness (QED) is 0.130. The number of aliphatic carboxylic acids is 1. The lowest BCUT2D eigenvalue weighted by Crippen LogP contribution is -2.35. The van der Waals surface area contributed by atoms with Gasteiger partial charge in [0, 0.05) is 47.3 Å². The standard InChI is InChI=1S/C40H41Cl2N5O4S/c1-23-20-31(45-39(51-2)27(23)8-4-7-26-12-13-34(48)44-26)30-11-5-10-29(37(30)42)28-9-3-6-25(36(28)41)21-32-38-33(14-17-43-32)52-35(46-38)22-47-18-15-24(16-19-47)40(49)50/h3,5-6,9-11,14,17,20,24,26H,4,7-8,12-13,15-16,18-19,21-22H2,1-2H3,(H,44,48)(H,49,50)/t26-/m1/s1. The van der Waals surface area contributed by atoms with E-state index in [2.05, 4.69) is 23.2 Å². The third-order valence-corrected chi connectivity index (χ3v) is 12.2. The van der Waals surface area contributed by atoms with Crippen molar-refractivity contribution in [3.05, 3.63) is 92.2 Å². The van der Waals surface area contributed by atoms with Gasteiger partial charge in [0.1, 0.15) is 10.5 Å². The van der Waals surface area contributed by atoms with Gasteiger partial charge in [0.2, 0.25) is 11.8 Å². The van der Waals surface area contributed by atoms with Crippen LogP contribution in [0, 0.1) is 12.8 Å². The molecule has 2 saturated heterocycles. The summed E-state index contributed by atoms with van der Waals surface area (Å²) in [5.74, 6) is -0.236. The van der Waals surface area contributed by atoms with Crippen LogP contribution in [0.4, 0.5) is 0 Å². The molecular formula is C40H41Cl2N5O4S. The Kier molecular flexibility index (Phi) is 11.1. The molecular weight excluding hydrogens is 717 g/mol. The lowest BCUT2D eigenvalue weighted by molar-refractivity contribution is -0.143. The van der Waals surface area contributed by atoms with E-state index in [1.807, 2.05) is 48.7 Å². The van der Waals surface area contributed by atoms with Crippen LogP contribution < -0.4 is 10.1 Å². The number of pyridine rings is 2. The summed E-state index contributed by atoms with van der Waals surface area (Å²) in [7, 11) is 1.64. The van der Waals surface area contributed by atoms with Gasteiger partial charge in [-0.15, -0.1) is 11.3 Å². The van der Waals surface area contributed by atoms with Crippen LogP contribution in [-0.2, 0) is 29.0 Å². The molecule has 0 saturated carbocycles. The number of carboxylic acid groups (broad SMARTS) is 1. The number of aromatic nitrogens is 3. The summed E-state index contributed by atoms with van der Waals surface area (Å²) in [5.41, 5.74) is 7.92. The van der Waals surface area contributed by atoms with Crippen LogP contribution in [0.25, 0.3) is 32.6 Å². The normalized spacial score (nSPS) is 16.8. The fraction of sp³-hybridized carbons (Fsp3) is 0.375. The van der Waals surface area contributed by atoms with Gasteiger partial charge >= 0.3 is 5.97 Å².